The van der Waals surface area contributed by atoms with E-state index in [4.69, 9.17) is 13.9 Å². The van der Waals surface area contributed by atoms with Crippen molar-refractivity contribution in [3.05, 3.63) is 117 Å². The Kier molecular flexibility index (Phi) is 6.55. The van der Waals surface area contributed by atoms with Crippen LogP contribution in [0.25, 0.3) is 21.9 Å². The maximum atomic E-state index is 13.8. The quantitative estimate of drug-likeness (QED) is 0.132. The molecule has 0 saturated heterocycles. The molecule has 0 N–H and O–H groups in total. The fourth-order valence-corrected chi connectivity index (χ4v) is 5.08. The fourth-order valence-electron chi connectivity index (χ4n) is 5.08. The SMILES string of the molecule is COc1ccc(C(C)(C)c2ccc3oc4ccc(C(C)(C)c5ccc(OC(C)=O)cc5)cc4c(=O)c3c2)cc1. The average molecular weight is 521 g/mol. The summed E-state index contributed by atoms with van der Waals surface area (Å²) in [6.07, 6.45) is 0. The molecule has 5 rings (SSSR count). The maximum absolute atomic E-state index is 13.8. The Morgan fingerprint density at radius 1 is 0.641 bits per heavy atom. The molecule has 0 radical (unpaired) electrons. The summed E-state index contributed by atoms with van der Waals surface area (Å²) in [6, 6.07) is 27.1. The number of methoxy groups -OCH3 is 1. The average Bonchev–Trinajstić information content (AvgIpc) is 2.93. The first-order valence-corrected chi connectivity index (χ1v) is 13.0. The number of benzene rings is 4. The monoisotopic (exact) mass is 520 g/mol. The number of rotatable bonds is 6. The van der Waals surface area contributed by atoms with Crippen molar-refractivity contribution >= 4 is 27.9 Å². The number of carbonyl (C=O) groups excluding carboxylic acids is 1. The van der Waals surface area contributed by atoms with Gasteiger partial charge in [0, 0.05) is 17.8 Å². The number of fused-ring (bicyclic) bond motifs is 2. The van der Waals surface area contributed by atoms with Gasteiger partial charge < -0.3 is 13.9 Å². The van der Waals surface area contributed by atoms with Crippen molar-refractivity contribution in [2.75, 3.05) is 7.11 Å². The standard InChI is InChI=1S/C34H32O5/c1-21(35)38-27-15-9-23(10-16-27)34(4,5)25-12-18-31-29(20-25)32(36)28-19-24(11-17-30(28)39-31)33(2,3)22-7-13-26(37-6)14-8-22/h7-20H,1-6H3. The van der Waals surface area contributed by atoms with Crippen LogP contribution >= 0.6 is 0 Å². The number of hydrogen-bond donors (Lipinski definition) is 0. The molecule has 39 heavy (non-hydrogen) atoms. The Bertz CT molecular complexity index is 1740. The van der Waals surface area contributed by atoms with Gasteiger partial charge in [0.15, 0.2) is 0 Å². The van der Waals surface area contributed by atoms with E-state index in [0.717, 1.165) is 28.0 Å². The topological polar surface area (TPSA) is 65.7 Å². The summed E-state index contributed by atoms with van der Waals surface area (Å²) in [6.45, 7) is 9.88. The van der Waals surface area contributed by atoms with E-state index >= 15 is 0 Å². The molecule has 0 bridgehead atoms. The molecule has 4 aromatic carbocycles. The van der Waals surface area contributed by atoms with Crippen molar-refractivity contribution in [1.29, 1.82) is 0 Å². The third-order valence-electron chi connectivity index (χ3n) is 7.76. The van der Waals surface area contributed by atoms with E-state index < -0.39 is 5.41 Å². The van der Waals surface area contributed by atoms with E-state index in [1.165, 1.54) is 6.92 Å². The molecule has 1 heterocycles. The predicted molar refractivity (Wildman–Crippen MR) is 155 cm³/mol. The first-order chi connectivity index (χ1) is 18.5. The van der Waals surface area contributed by atoms with Crippen molar-refractivity contribution in [3.8, 4) is 11.5 Å². The second-order valence-electron chi connectivity index (χ2n) is 10.9. The smallest absolute Gasteiger partial charge is 0.308 e. The van der Waals surface area contributed by atoms with Crippen LogP contribution in [0, 0.1) is 0 Å². The van der Waals surface area contributed by atoms with Gasteiger partial charge in [-0.3, -0.25) is 9.59 Å². The zero-order valence-corrected chi connectivity index (χ0v) is 23.1. The lowest BCUT2D eigenvalue weighted by molar-refractivity contribution is -0.131. The molecule has 0 aliphatic heterocycles. The highest BCUT2D eigenvalue weighted by molar-refractivity contribution is 5.90. The molecule has 0 fully saturated rings. The van der Waals surface area contributed by atoms with Crippen LogP contribution in [0.4, 0.5) is 0 Å². The van der Waals surface area contributed by atoms with Crippen LogP contribution in [-0.2, 0) is 15.6 Å². The van der Waals surface area contributed by atoms with Crippen LogP contribution < -0.4 is 14.9 Å². The Balaban J connectivity index is 1.57. The van der Waals surface area contributed by atoms with E-state index in [0.29, 0.717) is 27.7 Å². The van der Waals surface area contributed by atoms with E-state index in [-0.39, 0.29) is 16.8 Å². The first-order valence-electron chi connectivity index (χ1n) is 13.0. The van der Waals surface area contributed by atoms with Crippen molar-refractivity contribution < 1.29 is 18.7 Å². The summed E-state index contributed by atoms with van der Waals surface area (Å²) in [5, 5.41) is 1.10. The molecule has 1 aromatic heterocycles. The van der Waals surface area contributed by atoms with Gasteiger partial charge >= 0.3 is 5.97 Å². The molecular weight excluding hydrogens is 488 g/mol. The highest BCUT2D eigenvalue weighted by atomic mass is 16.5. The zero-order valence-electron chi connectivity index (χ0n) is 23.1. The van der Waals surface area contributed by atoms with Crippen LogP contribution in [-0.4, -0.2) is 13.1 Å². The van der Waals surface area contributed by atoms with E-state index in [1.54, 1.807) is 19.2 Å². The van der Waals surface area contributed by atoms with Crippen LogP contribution in [0.5, 0.6) is 11.5 Å². The van der Waals surface area contributed by atoms with Gasteiger partial charge in [-0.1, -0.05) is 64.1 Å². The van der Waals surface area contributed by atoms with Crippen molar-refractivity contribution in [3.63, 3.8) is 0 Å². The summed E-state index contributed by atoms with van der Waals surface area (Å²) in [7, 11) is 1.65. The summed E-state index contributed by atoms with van der Waals surface area (Å²) in [4.78, 5) is 25.1. The highest BCUT2D eigenvalue weighted by Gasteiger charge is 2.26. The van der Waals surface area contributed by atoms with Gasteiger partial charge in [0.2, 0.25) is 5.43 Å². The van der Waals surface area contributed by atoms with E-state index in [9.17, 15) is 9.59 Å². The van der Waals surface area contributed by atoms with Crippen LogP contribution in [0.1, 0.15) is 56.9 Å². The zero-order chi connectivity index (χ0) is 27.9. The second-order valence-corrected chi connectivity index (χ2v) is 10.9. The lowest BCUT2D eigenvalue weighted by Crippen LogP contribution is -2.20. The van der Waals surface area contributed by atoms with E-state index in [1.807, 2.05) is 60.7 Å². The van der Waals surface area contributed by atoms with Gasteiger partial charge in [0.05, 0.1) is 17.9 Å². The summed E-state index contributed by atoms with van der Waals surface area (Å²) < 4.78 is 16.7. The van der Waals surface area contributed by atoms with Crippen LogP contribution in [0.15, 0.2) is 94.1 Å². The van der Waals surface area contributed by atoms with Gasteiger partial charge in [-0.15, -0.1) is 0 Å². The van der Waals surface area contributed by atoms with Gasteiger partial charge in [0.25, 0.3) is 0 Å². The Morgan fingerprint density at radius 3 is 1.46 bits per heavy atom. The molecule has 0 spiro atoms. The molecule has 5 aromatic rings. The Hall–Kier alpha value is -4.38. The highest BCUT2D eigenvalue weighted by Crippen LogP contribution is 2.36. The first kappa shape index (κ1) is 26.2. The maximum Gasteiger partial charge on any atom is 0.308 e. The summed E-state index contributed by atoms with van der Waals surface area (Å²) in [5.41, 5.74) is 4.50. The second kappa shape index (κ2) is 9.73. The molecule has 5 nitrogen and oxygen atoms in total. The van der Waals surface area contributed by atoms with Crippen molar-refractivity contribution in [1.82, 2.24) is 0 Å². The number of esters is 1. The Labute approximate surface area is 228 Å². The van der Waals surface area contributed by atoms with Gasteiger partial charge in [-0.05, 0) is 70.8 Å². The molecule has 0 unspecified atom stereocenters. The molecule has 0 saturated carbocycles. The molecule has 5 heteroatoms. The largest absolute Gasteiger partial charge is 0.497 e. The fraction of sp³-hybridized carbons (Fsp3) is 0.235. The molecule has 0 atom stereocenters. The van der Waals surface area contributed by atoms with Gasteiger partial charge in [-0.2, -0.15) is 0 Å². The summed E-state index contributed by atoms with van der Waals surface area (Å²) >= 11 is 0. The molecular formula is C34H32O5. The molecule has 0 aliphatic rings. The normalized spacial score (nSPS) is 12.1. The summed E-state index contributed by atoms with van der Waals surface area (Å²) in [5.74, 6) is 0.950. The third-order valence-corrected chi connectivity index (χ3v) is 7.76. The lowest BCUT2D eigenvalue weighted by Gasteiger charge is -2.27. The van der Waals surface area contributed by atoms with E-state index in [2.05, 4.69) is 39.8 Å². The molecule has 0 aliphatic carbocycles. The minimum Gasteiger partial charge on any atom is -0.497 e. The minimum atomic E-state index is -0.400. The predicted octanol–water partition coefficient (Wildman–Crippen LogP) is 7.53. The molecule has 0 amide bonds. The number of carbonyl (C=O) groups is 1. The van der Waals surface area contributed by atoms with Crippen molar-refractivity contribution in [2.24, 2.45) is 0 Å². The van der Waals surface area contributed by atoms with Gasteiger partial charge in [-0.25, -0.2) is 0 Å². The Morgan fingerprint density at radius 2 is 1.05 bits per heavy atom. The van der Waals surface area contributed by atoms with Crippen LogP contribution in [0.3, 0.4) is 0 Å². The number of hydrogen-bond acceptors (Lipinski definition) is 5. The van der Waals surface area contributed by atoms with Crippen molar-refractivity contribution in [2.45, 2.75) is 45.4 Å². The number of ether oxygens (including phenoxy) is 2. The lowest BCUT2D eigenvalue weighted by atomic mass is 9.77. The molecule has 198 valence electrons. The minimum absolute atomic E-state index is 0.0542. The van der Waals surface area contributed by atoms with Crippen LogP contribution in [0.2, 0.25) is 0 Å². The van der Waals surface area contributed by atoms with Gasteiger partial charge in [0.1, 0.15) is 22.7 Å². The third kappa shape index (κ3) is 4.81.